The fourth-order valence-electron chi connectivity index (χ4n) is 5.46. The Morgan fingerprint density at radius 3 is 1.54 bits per heavy atom. The van der Waals surface area contributed by atoms with Gasteiger partial charge in [-0.1, -0.05) is 115 Å². The second kappa shape index (κ2) is 18.9. The standard InChI is InChI=1S/C28H44O6S2.C3H7NO/c1-3-5-7-9-11-13-15-19-23-24-20-17-18-22-26(24)28(36(32,33)34)27(35(29,30)31)25(23)21-16-14-12-10-8-6-4-2;1-2-4-5-3-1/h17-18,20,22H,3-16,19,21H2,1-2H3,(H,29,30,31)(H,32,33,34);4H,1-3H2. The zero-order valence-electron chi connectivity index (χ0n) is 25.0. The van der Waals surface area contributed by atoms with Crippen molar-refractivity contribution >= 4 is 31.0 Å². The third-order valence-electron chi connectivity index (χ3n) is 7.55. The largest absolute Gasteiger partial charge is 0.302 e. The van der Waals surface area contributed by atoms with Crippen molar-refractivity contribution in [1.29, 1.82) is 0 Å². The summed E-state index contributed by atoms with van der Waals surface area (Å²) in [4.78, 5) is 3.34. The Morgan fingerprint density at radius 1 is 0.659 bits per heavy atom. The van der Waals surface area contributed by atoms with Crippen molar-refractivity contribution in [2.75, 3.05) is 13.2 Å². The summed E-state index contributed by atoms with van der Waals surface area (Å²) in [6.07, 6.45) is 17.0. The van der Waals surface area contributed by atoms with Gasteiger partial charge in [-0.05, 0) is 48.6 Å². The average molecular weight is 614 g/mol. The lowest BCUT2D eigenvalue weighted by Crippen LogP contribution is -2.15. The third kappa shape index (κ3) is 12.3. The molecule has 1 aliphatic rings. The summed E-state index contributed by atoms with van der Waals surface area (Å²) < 4.78 is 70.2. The topological polar surface area (TPSA) is 130 Å². The van der Waals surface area contributed by atoms with Gasteiger partial charge in [0.15, 0.2) is 0 Å². The predicted octanol–water partition coefficient (Wildman–Crippen LogP) is 7.83. The number of fused-ring (bicyclic) bond motifs is 1. The molecular formula is C31H51NO7S2. The van der Waals surface area contributed by atoms with E-state index >= 15 is 0 Å². The van der Waals surface area contributed by atoms with E-state index in [9.17, 15) is 25.9 Å². The van der Waals surface area contributed by atoms with Crippen molar-refractivity contribution in [3.63, 3.8) is 0 Å². The van der Waals surface area contributed by atoms with Gasteiger partial charge in [0.05, 0.1) is 6.61 Å². The van der Waals surface area contributed by atoms with Gasteiger partial charge in [0.2, 0.25) is 0 Å². The van der Waals surface area contributed by atoms with Crippen molar-refractivity contribution in [2.45, 2.75) is 133 Å². The molecule has 1 aliphatic heterocycles. The number of aryl methyl sites for hydroxylation is 1. The molecule has 0 saturated carbocycles. The number of hydroxylamine groups is 1. The molecule has 2 aromatic carbocycles. The Labute approximate surface area is 248 Å². The van der Waals surface area contributed by atoms with Crippen molar-refractivity contribution in [1.82, 2.24) is 5.48 Å². The molecule has 3 N–H and O–H groups in total. The number of hydrogen-bond donors (Lipinski definition) is 3. The van der Waals surface area contributed by atoms with Crippen LogP contribution in [0.25, 0.3) is 10.8 Å². The second-order valence-corrected chi connectivity index (χ2v) is 13.7. The smallest absolute Gasteiger partial charge is 0.296 e. The van der Waals surface area contributed by atoms with E-state index in [2.05, 4.69) is 19.3 Å². The van der Waals surface area contributed by atoms with Gasteiger partial charge in [-0.2, -0.15) is 16.8 Å². The quantitative estimate of drug-likeness (QED) is 0.115. The molecule has 0 aliphatic carbocycles. The minimum atomic E-state index is -4.91. The highest BCUT2D eigenvalue weighted by molar-refractivity contribution is 7.89. The van der Waals surface area contributed by atoms with Crippen LogP contribution in [0, 0.1) is 0 Å². The minimum Gasteiger partial charge on any atom is -0.302 e. The molecule has 0 bridgehead atoms. The number of unbranched alkanes of at least 4 members (excludes halogenated alkanes) is 12. The van der Waals surface area contributed by atoms with Crippen LogP contribution in [0.4, 0.5) is 0 Å². The summed E-state index contributed by atoms with van der Waals surface area (Å²) in [7, 11) is -9.81. The van der Waals surface area contributed by atoms with Crippen LogP contribution in [0.5, 0.6) is 0 Å². The summed E-state index contributed by atoms with van der Waals surface area (Å²) in [5, 5.41) is 0.760. The summed E-state index contributed by atoms with van der Waals surface area (Å²) >= 11 is 0. The van der Waals surface area contributed by atoms with Crippen LogP contribution in [0.15, 0.2) is 34.1 Å². The molecule has 234 valence electrons. The van der Waals surface area contributed by atoms with Crippen LogP contribution in [-0.4, -0.2) is 39.1 Å². The molecule has 1 heterocycles. The maximum Gasteiger partial charge on any atom is 0.296 e. The Kier molecular flexibility index (Phi) is 16.4. The van der Waals surface area contributed by atoms with Gasteiger partial charge in [-0.15, -0.1) is 0 Å². The number of rotatable bonds is 18. The van der Waals surface area contributed by atoms with E-state index in [1.54, 1.807) is 18.2 Å². The fourth-order valence-corrected chi connectivity index (χ4v) is 7.79. The average Bonchev–Trinajstić information content (AvgIpc) is 3.51. The van der Waals surface area contributed by atoms with Gasteiger partial charge in [0, 0.05) is 11.9 Å². The van der Waals surface area contributed by atoms with Gasteiger partial charge < -0.3 is 4.84 Å². The summed E-state index contributed by atoms with van der Waals surface area (Å²) in [5.41, 5.74) is 3.83. The molecule has 1 saturated heterocycles. The van der Waals surface area contributed by atoms with E-state index in [-0.39, 0.29) is 5.39 Å². The molecular weight excluding hydrogens is 562 g/mol. The monoisotopic (exact) mass is 613 g/mol. The zero-order chi connectivity index (χ0) is 30.1. The lowest BCUT2D eigenvalue weighted by atomic mass is 9.91. The van der Waals surface area contributed by atoms with Crippen LogP contribution in [-0.2, 0) is 37.9 Å². The highest BCUT2D eigenvalue weighted by Gasteiger charge is 2.32. The molecule has 8 nitrogen and oxygen atoms in total. The first kappa shape index (κ1) is 35.6. The number of benzene rings is 2. The second-order valence-electron chi connectivity index (χ2n) is 11.0. The molecule has 0 unspecified atom stereocenters. The molecule has 0 aromatic heterocycles. The first-order valence-corrected chi connectivity index (χ1v) is 18.4. The normalized spacial score (nSPS) is 13.9. The molecule has 41 heavy (non-hydrogen) atoms. The van der Waals surface area contributed by atoms with Crippen LogP contribution < -0.4 is 5.48 Å². The van der Waals surface area contributed by atoms with E-state index in [4.69, 9.17) is 4.84 Å². The lowest BCUT2D eigenvalue weighted by Gasteiger charge is -2.20. The molecule has 0 atom stereocenters. The maximum absolute atomic E-state index is 12.6. The van der Waals surface area contributed by atoms with Gasteiger partial charge in [-0.3, -0.25) is 9.11 Å². The molecule has 0 spiro atoms. The maximum atomic E-state index is 12.6. The molecule has 1 fully saturated rings. The Hall–Kier alpha value is -1.56. The molecule has 3 rings (SSSR count). The summed E-state index contributed by atoms with van der Waals surface area (Å²) in [6, 6.07) is 6.68. The van der Waals surface area contributed by atoms with Crippen molar-refractivity contribution in [3.05, 3.63) is 35.4 Å². The van der Waals surface area contributed by atoms with Crippen molar-refractivity contribution < 1.29 is 30.8 Å². The van der Waals surface area contributed by atoms with Crippen molar-refractivity contribution in [2.24, 2.45) is 0 Å². The SMILES string of the molecule is C1CNOC1.CCCCCCCCCc1c(S(=O)(=O)O)c(S(=O)(=O)O)c2ccccc2c1CCCCCCCCC. The predicted molar refractivity (Wildman–Crippen MR) is 166 cm³/mol. The Bertz CT molecular complexity index is 1250. The molecule has 0 radical (unpaired) electrons. The molecule has 0 amide bonds. The lowest BCUT2D eigenvalue weighted by molar-refractivity contribution is 0.103. The highest BCUT2D eigenvalue weighted by atomic mass is 32.2. The summed E-state index contributed by atoms with van der Waals surface area (Å²) in [5.74, 6) is 0. The number of nitrogens with one attached hydrogen (secondary N) is 1. The minimum absolute atomic E-state index is 0.133. The van der Waals surface area contributed by atoms with E-state index in [0.717, 1.165) is 70.1 Å². The summed E-state index contributed by atoms with van der Waals surface area (Å²) in [6.45, 7) is 6.26. The van der Waals surface area contributed by atoms with Crippen LogP contribution >= 0.6 is 0 Å². The first-order valence-electron chi connectivity index (χ1n) is 15.5. The van der Waals surface area contributed by atoms with E-state index in [1.165, 1.54) is 44.6 Å². The Morgan fingerprint density at radius 2 is 1.12 bits per heavy atom. The zero-order valence-corrected chi connectivity index (χ0v) is 26.6. The van der Waals surface area contributed by atoms with Gasteiger partial charge in [-0.25, -0.2) is 5.48 Å². The van der Waals surface area contributed by atoms with Crippen molar-refractivity contribution in [3.8, 4) is 0 Å². The van der Waals surface area contributed by atoms with Gasteiger partial charge in [0.25, 0.3) is 20.2 Å². The van der Waals surface area contributed by atoms with Gasteiger partial charge >= 0.3 is 0 Å². The third-order valence-corrected chi connectivity index (χ3v) is 9.58. The van der Waals surface area contributed by atoms with Crippen LogP contribution in [0.1, 0.15) is 121 Å². The first-order chi connectivity index (χ1) is 19.6. The van der Waals surface area contributed by atoms with Crippen LogP contribution in [0.3, 0.4) is 0 Å². The Balaban J connectivity index is 0.00000106. The van der Waals surface area contributed by atoms with Crippen LogP contribution in [0.2, 0.25) is 0 Å². The van der Waals surface area contributed by atoms with E-state index in [0.29, 0.717) is 30.2 Å². The van der Waals surface area contributed by atoms with E-state index in [1.807, 2.05) is 0 Å². The van der Waals surface area contributed by atoms with Gasteiger partial charge in [0.1, 0.15) is 9.79 Å². The molecule has 10 heteroatoms. The van der Waals surface area contributed by atoms with E-state index < -0.39 is 30.0 Å². The number of hydrogen-bond acceptors (Lipinski definition) is 6. The highest BCUT2D eigenvalue weighted by Crippen LogP contribution is 2.38. The fraction of sp³-hybridized carbons (Fsp3) is 0.677. The molecule has 2 aromatic rings.